The van der Waals surface area contributed by atoms with Crippen molar-refractivity contribution in [1.82, 2.24) is 59.1 Å². The van der Waals surface area contributed by atoms with Crippen molar-refractivity contribution in [2.45, 2.75) is 18.0 Å². The lowest BCUT2D eigenvalue weighted by molar-refractivity contribution is 0.577. The molecule has 7 N–H and O–H groups in total. The molecule has 0 amide bonds. The van der Waals surface area contributed by atoms with Crippen LogP contribution in [-0.2, 0) is 22.7 Å². The van der Waals surface area contributed by atoms with Crippen molar-refractivity contribution in [1.29, 1.82) is 0 Å². The summed E-state index contributed by atoms with van der Waals surface area (Å²) >= 11 is 0. The van der Waals surface area contributed by atoms with Crippen LogP contribution < -0.4 is 22.5 Å². The van der Waals surface area contributed by atoms with Gasteiger partial charge in [0.15, 0.2) is 11.5 Å². The van der Waals surface area contributed by atoms with E-state index in [0.717, 1.165) is 23.6 Å². The van der Waals surface area contributed by atoms with E-state index in [1.807, 2.05) is 24.3 Å². The number of nitrogens with one attached hydrogen (secondary N) is 1. The molecule has 0 aliphatic rings. The van der Waals surface area contributed by atoms with Crippen LogP contribution in [0, 0.1) is 0 Å². The molecule has 0 fully saturated rings. The van der Waals surface area contributed by atoms with Crippen LogP contribution in [0.15, 0.2) is 99.8 Å². The van der Waals surface area contributed by atoms with E-state index in [2.05, 4.69) is 55.4 Å². The van der Waals surface area contributed by atoms with Crippen LogP contribution in [-0.4, -0.2) is 86.9 Å². The Kier molecular flexibility index (Phi) is 10.6. The molecule has 0 saturated carbocycles. The van der Waals surface area contributed by atoms with Gasteiger partial charge >= 0.3 is 0 Å². The zero-order chi connectivity index (χ0) is 36.5. The van der Waals surface area contributed by atoms with Gasteiger partial charge in [-0.1, -0.05) is 0 Å². The maximum absolute atomic E-state index is 11.4. The third kappa shape index (κ3) is 8.64. The number of aromatic nitrogens is 12. The summed E-state index contributed by atoms with van der Waals surface area (Å²) in [5.74, 6) is 2.53. The number of sulfone groups is 1. The van der Waals surface area contributed by atoms with Crippen molar-refractivity contribution < 1.29 is 17.3 Å². The maximum atomic E-state index is 11.4. The van der Waals surface area contributed by atoms with Crippen molar-refractivity contribution in [3.05, 3.63) is 97.0 Å². The number of fused-ring (bicyclic) bond motifs is 2. The van der Waals surface area contributed by atoms with E-state index < -0.39 is 15.0 Å². The van der Waals surface area contributed by atoms with E-state index in [4.69, 9.17) is 26.0 Å². The molecule has 266 valence electrons. The molecule has 8 aromatic rings. The molecule has 0 aliphatic carbocycles. The van der Waals surface area contributed by atoms with Gasteiger partial charge in [0.05, 0.1) is 12.5 Å². The van der Waals surface area contributed by atoms with Crippen molar-refractivity contribution in [3.63, 3.8) is 0 Å². The van der Waals surface area contributed by atoms with Crippen LogP contribution in [0.1, 0.15) is 11.1 Å². The maximum Gasteiger partial charge on any atom is 0.259 e. The summed E-state index contributed by atoms with van der Waals surface area (Å²) in [6.07, 6.45) is 12.9. The standard InChI is InChI=1S/C15H14N8O.C9H8N6O3S.C7H10N2/c16-13-20-14(18-8-5-10-3-6-17-7-4-10)21-15-19-12(22-23(13)15)11-2-1-9-24-11;1-19(16,17)9-12-7(10)15-8(13-9)11-6(14-15)5-3-2-4-18-5;8-4-1-7-2-5-9-6-3-7/h1-4,6-7,9H,5,8H2,(H3,16,18,19,20,21,22);2-4H,1H3,(H2,10,11,12,13,14);2-3,5-6H,1,4,8H2. The number of nitrogen functional groups attached to an aromatic ring is 2. The molecule has 0 radical (unpaired) electrons. The van der Waals surface area contributed by atoms with E-state index in [1.54, 1.807) is 55.3 Å². The van der Waals surface area contributed by atoms with Crippen LogP contribution >= 0.6 is 0 Å². The van der Waals surface area contributed by atoms with Gasteiger partial charge in [0, 0.05) is 37.6 Å². The molecule has 0 aliphatic heterocycles. The number of anilines is 3. The van der Waals surface area contributed by atoms with Gasteiger partial charge < -0.3 is 31.4 Å². The van der Waals surface area contributed by atoms with Crippen LogP contribution in [0.4, 0.5) is 17.8 Å². The van der Waals surface area contributed by atoms with Gasteiger partial charge in [0.1, 0.15) is 0 Å². The first-order valence-electron chi connectivity index (χ1n) is 15.5. The van der Waals surface area contributed by atoms with E-state index in [1.165, 1.54) is 21.9 Å². The van der Waals surface area contributed by atoms with Gasteiger partial charge in [-0.2, -0.15) is 38.9 Å². The first-order chi connectivity index (χ1) is 25.2. The fourth-order valence-corrected chi connectivity index (χ4v) is 4.95. The number of hydrogen-bond acceptors (Lipinski definition) is 18. The number of pyridine rings is 2. The monoisotopic (exact) mass is 724 g/mol. The second kappa shape index (κ2) is 15.8. The van der Waals surface area contributed by atoms with E-state index in [0.29, 0.717) is 42.2 Å². The molecule has 8 rings (SSSR count). The quantitative estimate of drug-likeness (QED) is 0.165. The molecule has 8 heterocycles. The van der Waals surface area contributed by atoms with E-state index >= 15 is 0 Å². The van der Waals surface area contributed by atoms with Crippen LogP contribution in [0.25, 0.3) is 34.7 Å². The lowest BCUT2D eigenvalue weighted by Gasteiger charge is -2.05. The first kappa shape index (κ1) is 35.0. The Bertz CT molecular complexity index is 2450. The highest BCUT2D eigenvalue weighted by atomic mass is 32.2. The molecule has 21 heteroatoms. The Hall–Kier alpha value is -6.87. The minimum atomic E-state index is -3.57. The van der Waals surface area contributed by atoms with Crippen LogP contribution in [0.2, 0.25) is 0 Å². The average Bonchev–Trinajstić information content (AvgIpc) is 3.97. The number of nitrogens with two attached hydrogens (primary N) is 3. The molecule has 0 saturated heterocycles. The number of rotatable bonds is 9. The second-order valence-corrected chi connectivity index (χ2v) is 12.6. The molecule has 0 bridgehead atoms. The zero-order valence-corrected chi connectivity index (χ0v) is 28.4. The zero-order valence-electron chi connectivity index (χ0n) is 27.6. The molecule has 8 aromatic heterocycles. The minimum Gasteiger partial charge on any atom is -0.461 e. The van der Waals surface area contributed by atoms with Crippen molar-refractivity contribution >= 4 is 39.2 Å². The van der Waals surface area contributed by atoms with E-state index in [9.17, 15) is 8.42 Å². The Morgan fingerprint density at radius 2 is 1.21 bits per heavy atom. The predicted molar refractivity (Wildman–Crippen MR) is 188 cm³/mol. The largest absolute Gasteiger partial charge is 0.461 e. The summed E-state index contributed by atoms with van der Waals surface area (Å²) in [6, 6.07) is 14.8. The summed E-state index contributed by atoms with van der Waals surface area (Å²) in [6.45, 7) is 1.38. The van der Waals surface area contributed by atoms with Gasteiger partial charge in [-0.05, 0) is 79.0 Å². The lowest BCUT2D eigenvalue weighted by atomic mass is 10.2. The van der Waals surface area contributed by atoms with Gasteiger partial charge in [0.25, 0.3) is 16.7 Å². The number of furan rings is 2. The smallest absolute Gasteiger partial charge is 0.259 e. The first-order valence-corrected chi connectivity index (χ1v) is 17.4. The molecule has 0 spiro atoms. The number of hydrogen-bond donors (Lipinski definition) is 4. The van der Waals surface area contributed by atoms with Crippen molar-refractivity contribution in [2.24, 2.45) is 5.73 Å². The Labute approximate surface area is 295 Å². The summed E-state index contributed by atoms with van der Waals surface area (Å²) in [4.78, 5) is 32.3. The normalized spacial score (nSPS) is 11.1. The highest BCUT2D eigenvalue weighted by Gasteiger charge is 2.18. The predicted octanol–water partition coefficient (Wildman–Crippen LogP) is 1.76. The van der Waals surface area contributed by atoms with Crippen molar-refractivity contribution in [3.8, 4) is 23.2 Å². The molecule has 52 heavy (non-hydrogen) atoms. The third-order valence-corrected chi connectivity index (χ3v) is 7.74. The molecule has 0 atom stereocenters. The van der Waals surface area contributed by atoms with Crippen LogP contribution in [0.5, 0.6) is 0 Å². The molecule has 0 unspecified atom stereocenters. The summed E-state index contributed by atoms with van der Waals surface area (Å²) in [5, 5.41) is 11.0. The van der Waals surface area contributed by atoms with E-state index in [-0.39, 0.29) is 23.5 Å². The SMILES string of the molecule is CS(=O)(=O)c1nc(N)n2nc(-c3ccco3)nc2n1.NCCc1ccncc1.Nc1nc(NCCc2ccncc2)nc2nc(-c3ccco3)nn12. The average molecular weight is 725 g/mol. The minimum absolute atomic E-state index is 0.0410. The Balaban J connectivity index is 0.000000147. The molecule has 0 aromatic carbocycles. The summed E-state index contributed by atoms with van der Waals surface area (Å²) in [5.41, 5.74) is 19.3. The fourth-order valence-electron chi connectivity index (χ4n) is 4.44. The molecular weight excluding hydrogens is 693 g/mol. The Morgan fingerprint density at radius 1 is 0.692 bits per heavy atom. The lowest BCUT2D eigenvalue weighted by Crippen LogP contribution is -2.12. The molecule has 20 nitrogen and oxygen atoms in total. The van der Waals surface area contributed by atoms with Crippen molar-refractivity contribution in [2.75, 3.05) is 36.1 Å². The highest BCUT2D eigenvalue weighted by Crippen LogP contribution is 2.19. The topological polar surface area (TPSA) is 288 Å². The van der Waals surface area contributed by atoms with Crippen LogP contribution in [0.3, 0.4) is 0 Å². The van der Waals surface area contributed by atoms with Gasteiger partial charge in [-0.25, -0.2) is 8.42 Å². The van der Waals surface area contributed by atoms with Gasteiger partial charge in [0.2, 0.25) is 39.3 Å². The summed E-state index contributed by atoms with van der Waals surface area (Å²) < 4.78 is 35.8. The summed E-state index contributed by atoms with van der Waals surface area (Å²) in [7, 11) is -3.57. The molecular formula is C31H32N16O4S. The third-order valence-electron chi connectivity index (χ3n) is 6.89. The Morgan fingerprint density at radius 3 is 1.71 bits per heavy atom. The second-order valence-electron chi connectivity index (χ2n) is 10.7. The number of nitrogens with zero attached hydrogens (tertiary/aromatic N) is 12. The highest BCUT2D eigenvalue weighted by molar-refractivity contribution is 7.90. The van der Waals surface area contributed by atoms with Gasteiger partial charge in [-0.3, -0.25) is 9.97 Å². The fraction of sp³-hybridized carbons (Fsp3) is 0.161. The van der Waals surface area contributed by atoms with Gasteiger partial charge in [-0.15, -0.1) is 10.2 Å².